The number of H-pyrrole nitrogens is 1. The monoisotopic (exact) mass is 825 g/mol. The minimum absolute atomic E-state index is 0.129. The normalized spacial score (nSPS) is 11.2. The minimum Gasteiger partial charge on any atom is -0.495 e. The lowest BCUT2D eigenvalue weighted by molar-refractivity contribution is 0.0733. The summed E-state index contributed by atoms with van der Waals surface area (Å²) in [5, 5.41) is 5.87. The van der Waals surface area contributed by atoms with Crippen LogP contribution in [0.4, 0.5) is 0 Å². The number of rotatable bonds is 7. The zero-order valence-corrected chi connectivity index (χ0v) is 28.8. The summed E-state index contributed by atoms with van der Waals surface area (Å²) in [5.74, 6) is -0.546. The number of aromatic nitrogens is 1. The number of carbonyl (C=O) groups excluding carboxylic acids is 2. The molecular weight excluding hydrogens is 812 g/mol. The maximum Gasteiger partial charge on any atom is 0.345 e. The number of carbonyl (C=O) groups is 2. The molecule has 0 aliphatic heterocycles. The van der Waals surface area contributed by atoms with Crippen LogP contribution in [0, 0.1) is 0 Å². The first-order valence-electron chi connectivity index (χ1n) is 12.2. The van der Waals surface area contributed by atoms with Crippen molar-refractivity contribution in [2.45, 2.75) is 0 Å². The molecule has 0 radical (unpaired) electrons. The molecule has 0 saturated heterocycles. The molecule has 1 heterocycles. The Bertz CT molecular complexity index is 1950. The van der Waals surface area contributed by atoms with Gasteiger partial charge in [0.05, 0.1) is 33.9 Å². The number of aromatic amines is 1. The molecule has 4 aromatic carbocycles. The average molecular weight is 830 g/mol. The molecule has 13 heteroatoms. The highest BCUT2D eigenvalue weighted by atomic mass is 79.9. The molecule has 0 fully saturated rings. The molecule has 218 valence electrons. The Morgan fingerprint density at radius 1 is 0.930 bits per heavy atom. The summed E-state index contributed by atoms with van der Waals surface area (Å²) in [5.41, 5.74) is 5.09. The molecule has 0 unspecified atom stereocenters. The zero-order valence-electron chi connectivity index (χ0n) is 21.8. The molecule has 0 atom stereocenters. The van der Waals surface area contributed by atoms with Crippen molar-refractivity contribution >= 4 is 112 Å². The summed E-state index contributed by atoms with van der Waals surface area (Å²) < 4.78 is 13.1. The number of halogens is 6. The third-order valence-corrected chi connectivity index (χ3v) is 8.79. The molecule has 43 heavy (non-hydrogen) atoms. The van der Waals surface area contributed by atoms with Crippen molar-refractivity contribution in [3.05, 3.63) is 112 Å². The highest BCUT2D eigenvalue weighted by Gasteiger charge is 2.24. The summed E-state index contributed by atoms with van der Waals surface area (Å²) in [6.45, 7) is 0. The van der Waals surface area contributed by atoms with E-state index in [0.717, 1.165) is 4.47 Å². The van der Waals surface area contributed by atoms with E-state index >= 15 is 0 Å². The smallest absolute Gasteiger partial charge is 0.345 e. The van der Waals surface area contributed by atoms with Crippen molar-refractivity contribution in [2.75, 3.05) is 7.11 Å². The van der Waals surface area contributed by atoms with Gasteiger partial charge in [0, 0.05) is 41.1 Å². The van der Waals surface area contributed by atoms with Crippen LogP contribution in [-0.4, -0.2) is 30.2 Å². The Hall–Kier alpha value is -2.86. The van der Waals surface area contributed by atoms with Crippen molar-refractivity contribution in [3.8, 4) is 22.6 Å². The molecule has 0 aliphatic rings. The standard InChI is InChI=1S/C30H17Br3Cl3N3O4/c1-42-23-9-8-19(32)25-24(17-4-2-3-5-21(17)35)27(38-26(23)25)29(40)39-37-13-14-10-15(31)11-20(33)28(14)43-30(41)18-7-6-16(34)12-22(18)36/h2-13,38H,1H3,(H,39,40). The van der Waals surface area contributed by atoms with Gasteiger partial charge in [-0.1, -0.05) is 84.9 Å². The lowest BCUT2D eigenvalue weighted by atomic mass is 10.0. The molecule has 1 aromatic heterocycles. The van der Waals surface area contributed by atoms with E-state index in [1.54, 1.807) is 31.4 Å². The van der Waals surface area contributed by atoms with Gasteiger partial charge in [0.2, 0.25) is 0 Å². The highest BCUT2D eigenvalue weighted by molar-refractivity contribution is 9.11. The topological polar surface area (TPSA) is 92.8 Å². The molecule has 0 aliphatic carbocycles. The zero-order chi connectivity index (χ0) is 30.8. The summed E-state index contributed by atoms with van der Waals surface area (Å²) in [7, 11) is 1.55. The van der Waals surface area contributed by atoms with Crippen LogP contribution in [0.5, 0.6) is 11.5 Å². The molecule has 0 spiro atoms. The highest BCUT2D eigenvalue weighted by Crippen LogP contribution is 2.43. The molecule has 5 aromatic rings. The van der Waals surface area contributed by atoms with Gasteiger partial charge in [-0.15, -0.1) is 0 Å². The van der Waals surface area contributed by atoms with Gasteiger partial charge in [0.25, 0.3) is 5.91 Å². The van der Waals surface area contributed by atoms with E-state index < -0.39 is 11.9 Å². The van der Waals surface area contributed by atoms with Crippen molar-refractivity contribution < 1.29 is 19.1 Å². The Morgan fingerprint density at radius 3 is 2.42 bits per heavy atom. The molecule has 1 amide bonds. The Balaban J connectivity index is 1.50. The number of amides is 1. The number of hydrogen-bond donors (Lipinski definition) is 2. The van der Waals surface area contributed by atoms with Crippen LogP contribution in [-0.2, 0) is 0 Å². The Morgan fingerprint density at radius 2 is 1.70 bits per heavy atom. The number of nitrogens with zero attached hydrogens (tertiary/aromatic N) is 1. The van der Waals surface area contributed by atoms with Crippen molar-refractivity contribution in [1.82, 2.24) is 10.4 Å². The van der Waals surface area contributed by atoms with Gasteiger partial charge in [-0.2, -0.15) is 5.10 Å². The van der Waals surface area contributed by atoms with Gasteiger partial charge in [0.1, 0.15) is 11.4 Å². The minimum atomic E-state index is -0.703. The van der Waals surface area contributed by atoms with Gasteiger partial charge in [-0.05, 0) is 64.5 Å². The quantitative estimate of drug-likeness (QED) is 0.0740. The van der Waals surface area contributed by atoms with Gasteiger partial charge >= 0.3 is 5.97 Å². The Kier molecular flexibility index (Phi) is 9.85. The van der Waals surface area contributed by atoms with Crippen LogP contribution in [0.3, 0.4) is 0 Å². The number of methoxy groups -OCH3 is 1. The van der Waals surface area contributed by atoms with E-state index in [2.05, 4.69) is 63.3 Å². The van der Waals surface area contributed by atoms with Crippen molar-refractivity contribution in [3.63, 3.8) is 0 Å². The SMILES string of the molecule is COc1ccc(Br)c2c(-c3ccccc3Cl)c(C(=O)NN=Cc3cc(Br)cc(Br)c3OC(=O)c3ccc(Cl)cc3Cl)[nH]c12. The first kappa shape index (κ1) is 31.6. The van der Waals surface area contributed by atoms with Crippen LogP contribution in [0.1, 0.15) is 26.4 Å². The van der Waals surface area contributed by atoms with E-state index in [4.69, 9.17) is 44.3 Å². The van der Waals surface area contributed by atoms with Gasteiger partial charge in [0.15, 0.2) is 5.75 Å². The molecule has 0 saturated carbocycles. The van der Waals surface area contributed by atoms with Crippen LogP contribution >= 0.6 is 82.6 Å². The summed E-state index contributed by atoms with van der Waals surface area (Å²) in [6, 6.07) is 18.7. The molecule has 0 bridgehead atoms. The third kappa shape index (κ3) is 6.64. The van der Waals surface area contributed by atoms with E-state index in [1.165, 1.54) is 24.4 Å². The lowest BCUT2D eigenvalue weighted by Crippen LogP contribution is -2.19. The maximum absolute atomic E-state index is 13.6. The number of benzene rings is 4. The second kappa shape index (κ2) is 13.4. The fraction of sp³-hybridized carbons (Fsp3) is 0.0333. The number of hydrazone groups is 1. The molecule has 5 rings (SSSR count). The van der Waals surface area contributed by atoms with Crippen molar-refractivity contribution in [1.29, 1.82) is 0 Å². The fourth-order valence-corrected chi connectivity index (χ4v) is 6.90. The first-order chi connectivity index (χ1) is 20.6. The number of ether oxygens (including phenoxy) is 2. The molecular formula is C30H17Br3Cl3N3O4. The van der Waals surface area contributed by atoms with Crippen molar-refractivity contribution in [2.24, 2.45) is 5.10 Å². The lowest BCUT2D eigenvalue weighted by Gasteiger charge is -2.11. The van der Waals surface area contributed by atoms with Crippen LogP contribution in [0.2, 0.25) is 15.1 Å². The summed E-state index contributed by atoms with van der Waals surface area (Å²) >= 11 is 29.2. The van der Waals surface area contributed by atoms with E-state index in [0.29, 0.717) is 52.3 Å². The summed E-state index contributed by atoms with van der Waals surface area (Å²) in [4.78, 5) is 29.7. The largest absolute Gasteiger partial charge is 0.495 e. The predicted molar refractivity (Wildman–Crippen MR) is 181 cm³/mol. The Labute approximate surface area is 285 Å². The van der Waals surface area contributed by atoms with E-state index in [1.807, 2.05) is 24.3 Å². The van der Waals surface area contributed by atoms with Gasteiger partial charge < -0.3 is 14.5 Å². The second-order valence-corrected chi connectivity index (χ2v) is 12.7. The predicted octanol–water partition coefficient (Wildman–Crippen LogP) is 10.1. The second-order valence-electron chi connectivity index (χ2n) is 8.87. The van der Waals surface area contributed by atoms with E-state index in [9.17, 15) is 9.59 Å². The van der Waals surface area contributed by atoms with E-state index in [-0.39, 0.29) is 22.0 Å². The van der Waals surface area contributed by atoms with Crippen LogP contribution in [0.15, 0.2) is 85.2 Å². The fourth-order valence-electron chi connectivity index (χ4n) is 4.32. The maximum atomic E-state index is 13.6. The first-order valence-corrected chi connectivity index (χ1v) is 15.7. The number of esters is 1. The number of hydrogen-bond acceptors (Lipinski definition) is 5. The number of fused-ring (bicyclic) bond motifs is 1. The van der Waals surface area contributed by atoms with Gasteiger partial charge in [-0.3, -0.25) is 4.79 Å². The molecule has 2 N–H and O–H groups in total. The average Bonchev–Trinajstić information content (AvgIpc) is 3.36. The van der Waals surface area contributed by atoms with Crippen LogP contribution < -0.4 is 14.9 Å². The van der Waals surface area contributed by atoms with Crippen LogP contribution in [0.25, 0.3) is 22.0 Å². The third-order valence-electron chi connectivity index (χ3n) is 6.21. The van der Waals surface area contributed by atoms with Gasteiger partial charge in [-0.25, -0.2) is 10.2 Å². The molecule has 7 nitrogen and oxygen atoms in total. The summed E-state index contributed by atoms with van der Waals surface area (Å²) in [6.07, 6.45) is 1.35. The number of nitrogens with one attached hydrogen (secondary N) is 2.